The second kappa shape index (κ2) is 9.17. The first kappa shape index (κ1) is 24.5. The van der Waals surface area contributed by atoms with Gasteiger partial charge in [-0.25, -0.2) is 0 Å². The van der Waals surface area contributed by atoms with Gasteiger partial charge in [-0.2, -0.15) is 26.3 Å². The quantitative estimate of drug-likeness (QED) is 0.221. The molecule has 0 saturated heterocycles. The highest BCUT2D eigenvalue weighted by atomic mass is 79.9. The second-order valence-corrected chi connectivity index (χ2v) is 7.12. The van der Waals surface area contributed by atoms with Crippen LogP contribution >= 0.6 is 31.9 Å². The Morgan fingerprint density at radius 1 is 0.767 bits per heavy atom. The molecule has 11 heteroatoms. The van der Waals surface area contributed by atoms with Crippen molar-refractivity contribution in [3.8, 4) is 11.5 Å². The molecule has 0 saturated carbocycles. The maximum Gasteiger partial charge on any atom is 0.416 e. The average Bonchev–Trinajstić information content (AvgIpc) is 2.69. The fourth-order valence-corrected chi connectivity index (χ4v) is 4.08. The molecule has 0 aliphatic heterocycles. The molecule has 0 aromatic heterocycles. The van der Waals surface area contributed by atoms with Crippen LogP contribution in [0.15, 0.2) is 24.3 Å². The molecule has 0 bridgehead atoms. The highest BCUT2D eigenvalue weighted by Crippen LogP contribution is 2.41. The van der Waals surface area contributed by atoms with E-state index in [0.717, 1.165) is 38.5 Å². The smallest absolute Gasteiger partial charge is 0.416 e. The number of rotatable bonds is 6. The predicted octanol–water partition coefficient (Wildman–Crippen LogP) is 6.76. The van der Waals surface area contributed by atoms with Crippen molar-refractivity contribution in [2.75, 3.05) is 14.2 Å². The van der Waals surface area contributed by atoms with Crippen LogP contribution in [0.5, 0.6) is 11.5 Å². The number of ether oxygens (including phenoxy) is 2. The molecule has 0 atom stereocenters. The fraction of sp³-hybridized carbons (Fsp3) is 0.316. The summed E-state index contributed by atoms with van der Waals surface area (Å²) in [6.45, 7) is 0. The Kier molecular flexibility index (Phi) is 7.49. The van der Waals surface area contributed by atoms with E-state index in [1.165, 1.54) is 0 Å². The molecule has 0 heterocycles. The van der Waals surface area contributed by atoms with Gasteiger partial charge in [0, 0.05) is 21.8 Å². The SMILES string of the molecule is COc1cc(C(=O)c2cc(OC)cc(C(F)(F)F)c2CBr)c(CBr)c(C(F)(F)F)c1. The first-order valence-electron chi connectivity index (χ1n) is 8.11. The van der Waals surface area contributed by atoms with E-state index in [2.05, 4.69) is 31.9 Å². The maximum absolute atomic E-state index is 13.5. The van der Waals surface area contributed by atoms with Crippen molar-refractivity contribution in [2.24, 2.45) is 0 Å². The Morgan fingerprint density at radius 2 is 1.10 bits per heavy atom. The number of benzene rings is 2. The molecule has 164 valence electrons. The van der Waals surface area contributed by atoms with Crippen LogP contribution in [-0.4, -0.2) is 20.0 Å². The van der Waals surface area contributed by atoms with Crippen LogP contribution in [0.4, 0.5) is 26.3 Å². The molecule has 3 nitrogen and oxygen atoms in total. The number of alkyl halides is 8. The highest BCUT2D eigenvalue weighted by Gasteiger charge is 2.38. The zero-order valence-electron chi connectivity index (χ0n) is 15.5. The van der Waals surface area contributed by atoms with Gasteiger partial charge in [0.05, 0.1) is 25.3 Å². The lowest BCUT2D eigenvalue weighted by molar-refractivity contribution is -0.139. The first-order chi connectivity index (χ1) is 13.9. The second-order valence-electron chi connectivity index (χ2n) is 5.99. The molecule has 0 aliphatic rings. The molecular weight excluding hydrogens is 550 g/mol. The van der Waals surface area contributed by atoms with Gasteiger partial charge in [0.15, 0.2) is 5.78 Å². The standard InChI is InChI=1S/C19H14Br2F6O3/c1-29-9-3-11(13(7-20)15(5-9)18(22,23)24)17(28)12-4-10(30-2)6-16(14(12)8-21)19(25,26)27/h3-6H,7-8H2,1-2H3. The number of hydrogen-bond acceptors (Lipinski definition) is 3. The van der Waals surface area contributed by atoms with Gasteiger partial charge in [0.2, 0.25) is 0 Å². The summed E-state index contributed by atoms with van der Waals surface area (Å²) in [5, 5.41) is -0.709. The Morgan fingerprint density at radius 3 is 1.33 bits per heavy atom. The minimum atomic E-state index is -4.81. The molecule has 0 amide bonds. The first-order valence-corrected chi connectivity index (χ1v) is 10.4. The zero-order valence-corrected chi connectivity index (χ0v) is 18.6. The van der Waals surface area contributed by atoms with Gasteiger partial charge in [0.1, 0.15) is 11.5 Å². The zero-order chi connectivity index (χ0) is 22.9. The summed E-state index contributed by atoms with van der Waals surface area (Å²) in [6.07, 6.45) is -9.62. The van der Waals surface area contributed by atoms with Gasteiger partial charge in [-0.15, -0.1) is 0 Å². The number of ketones is 1. The average molecular weight is 564 g/mol. The summed E-state index contributed by atoms with van der Waals surface area (Å²) in [7, 11) is 2.24. The maximum atomic E-state index is 13.5. The van der Waals surface area contributed by atoms with Gasteiger partial charge in [-0.1, -0.05) is 31.9 Å². The molecule has 0 fully saturated rings. The molecule has 0 radical (unpaired) electrons. The van der Waals surface area contributed by atoms with Gasteiger partial charge in [-0.05, 0) is 35.4 Å². The van der Waals surface area contributed by atoms with E-state index < -0.39 is 51.5 Å². The van der Waals surface area contributed by atoms with E-state index in [-0.39, 0.29) is 22.2 Å². The number of carbonyl (C=O) groups excluding carboxylic acids is 1. The van der Waals surface area contributed by atoms with Crippen molar-refractivity contribution in [1.29, 1.82) is 0 Å². The summed E-state index contributed by atoms with van der Waals surface area (Å²) < 4.78 is 90.9. The van der Waals surface area contributed by atoms with E-state index in [9.17, 15) is 31.1 Å². The number of methoxy groups -OCH3 is 2. The number of hydrogen-bond donors (Lipinski definition) is 0. The fourth-order valence-electron chi connectivity index (χ4n) is 2.87. The van der Waals surface area contributed by atoms with Crippen molar-refractivity contribution in [1.82, 2.24) is 0 Å². The monoisotopic (exact) mass is 562 g/mol. The predicted molar refractivity (Wildman–Crippen MR) is 105 cm³/mol. The Hall–Kier alpha value is -1.75. The normalized spacial score (nSPS) is 12.1. The molecule has 0 aliphatic carbocycles. The van der Waals surface area contributed by atoms with E-state index in [0.29, 0.717) is 0 Å². The highest BCUT2D eigenvalue weighted by molar-refractivity contribution is 9.08. The molecule has 2 rings (SSSR count). The third-order valence-electron chi connectivity index (χ3n) is 4.29. The van der Waals surface area contributed by atoms with E-state index in [1.807, 2.05) is 0 Å². The van der Waals surface area contributed by atoms with Crippen LogP contribution in [0.25, 0.3) is 0 Å². The van der Waals surface area contributed by atoms with Crippen molar-refractivity contribution in [3.05, 3.63) is 57.6 Å². The number of halogens is 8. The van der Waals surface area contributed by atoms with Gasteiger partial charge < -0.3 is 9.47 Å². The number of carbonyl (C=O) groups is 1. The third-order valence-corrected chi connectivity index (χ3v) is 5.41. The van der Waals surface area contributed by atoms with Gasteiger partial charge in [0.25, 0.3) is 0 Å². The molecule has 0 N–H and O–H groups in total. The topological polar surface area (TPSA) is 35.5 Å². The molecule has 2 aromatic rings. The largest absolute Gasteiger partial charge is 0.497 e. The summed E-state index contributed by atoms with van der Waals surface area (Å²) in [6, 6.07) is 3.59. The molecule has 0 spiro atoms. The lowest BCUT2D eigenvalue weighted by atomic mass is 9.90. The summed E-state index contributed by atoms with van der Waals surface area (Å²) in [4.78, 5) is 13.2. The minimum absolute atomic E-state index is 0.255. The van der Waals surface area contributed by atoms with Gasteiger partial charge in [-0.3, -0.25) is 4.79 Å². The summed E-state index contributed by atoms with van der Waals surface area (Å²) in [5.41, 5.74) is -3.93. The van der Waals surface area contributed by atoms with Crippen molar-refractivity contribution < 1.29 is 40.6 Å². The Balaban J connectivity index is 2.87. The minimum Gasteiger partial charge on any atom is -0.497 e. The summed E-state index contributed by atoms with van der Waals surface area (Å²) >= 11 is 5.88. The van der Waals surface area contributed by atoms with Crippen LogP contribution in [0.2, 0.25) is 0 Å². The molecule has 30 heavy (non-hydrogen) atoms. The van der Waals surface area contributed by atoms with Crippen LogP contribution in [0.1, 0.15) is 38.2 Å². The molecule has 2 aromatic carbocycles. The van der Waals surface area contributed by atoms with E-state index in [1.54, 1.807) is 0 Å². The van der Waals surface area contributed by atoms with Crippen LogP contribution in [-0.2, 0) is 23.0 Å². The van der Waals surface area contributed by atoms with Crippen LogP contribution in [0, 0.1) is 0 Å². The van der Waals surface area contributed by atoms with E-state index in [4.69, 9.17) is 9.47 Å². The van der Waals surface area contributed by atoms with Crippen molar-refractivity contribution in [2.45, 2.75) is 23.0 Å². The third kappa shape index (κ3) is 4.93. The van der Waals surface area contributed by atoms with Crippen molar-refractivity contribution in [3.63, 3.8) is 0 Å². The van der Waals surface area contributed by atoms with Crippen LogP contribution < -0.4 is 9.47 Å². The summed E-state index contributed by atoms with van der Waals surface area (Å²) in [5.74, 6) is -1.53. The lowest BCUT2D eigenvalue weighted by Crippen LogP contribution is -2.17. The Bertz CT molecular complexity index is 879. The molecule has 0 unspecified atom stereocenters. The Labute approximate surface area is 184 Å². The van der Waals surface area contributed by atoms with Crippen molar-refractivity contribution >= 4 is 37.6 Å². The van der Waals surface area contributed by atoms with Crippen LogP contribution in [0.3, 0.4) is 0 Å². The lowest BCUT2D eigenvalue weighted by Gasteiger charge is -2.20. The van der Waals surface area contributed by atoms with Gasteiger partial charge >= 0.3 is 12.4 Å². The van der Waals surface area contributed by atoms with E-state index >= 15 is 0 Å². The molecular formula is C19H14Br2F6O3.